The van der Waals surface area contributed by atoms with Crippen LogP contribution in [0, 0.1) is 0 Å². The van der Waals surface area contributed by atoms with Crippen LogP contribution in [0.4, 0.5) is 0 Å². The number of thioether (sulfide) groups is 1. The predicted octanol–water partition coefficient (Wildman–Crippen LogP) is 3.62. The number of ether oxygens (including phenoxy) is 1. The minimum Gasteiger partial charge on any atom is -0.383 e. The van der Waals surface area contributed by atoms with Crippen molar-refractivity contribution in [1.82, 2.24) is 15.3 Å². The van der Waals surface area contributed by atoms with E-state index in [0.29, 0.717) is 12.2 Å². The van der Waals surface area contributed by atoms with Crippen molar-refractivity contribution in [2.75, 3.05) is 13.7 Å². The Balaban J connectivity index is 1.57. The van der Waals surface area contributed by atoms with E-state index in [2.05, 4.69) is 15.3 Å². The Hall–Kier alpha value is -2.31. The number of para-hydroxylation sites is 2. The lowest BCUT2D eigenvalue weighted by molar-refractivity contribution is 0.0905. The monoisotopic (exact) mass is 355 g/mol. The molecule has 0 aliphatic carbocycles. The van der Waals surface area contributed by atoms with Gasteiger partial charge in [-0.15, -0.1) is 0 Å². The topological polar surface area (TPSA) is 67.0 Å². The van der Waals surface area contributed by atoms with Gasteiger partial charge in [0.15, 0.2) is 5.16 Å². The molecule has 2 N–H and O–H groups in total. The van der Waals surface area contributed by atoms with Gasteiger partial charge in [-0.3, -0.25) is 4.79 Å². The Morgan fingerprint density at radius 2 is 2.00 bits per heavy atom. The maximum atomic E-state index is 12.1. The number of aromatic amines is 1. The van der Waals surface area contributed by atoms with Crippen molar-refractivity contribution < 1.29 is 9.53 Å². The third-order valence-corrected chi connectivity index (χ3v) is 4.70. The molecule has 0 saturated heterocycles. The number of methoxy groups -OCH3 is 1. The number of H-pyrrole nitrogens is 1. The number of nitrogens with one attached hydrogen (secondary N) is 2. The van der Waals surface area contributed by atoms with E-state index >= 15 is 0 Å². The van der Waals surface area contributed by atoms with E-state index in [4.69, 9.17) is 4.74 Å². The summed E-state index contributed by atoms with van der Waals surface area (Å²) in [6.45, 7) is 2.41. The average Bonchev–Trinajstić information content (AvgIpc) is 3.03. The molecule has 25 heavy (non-hydrogen) atoms. The molecule has 1 amide bonds. The van der Waals surface area contributed by atoms with Crippen LogP contribution in [0.1, 0.15) is 22.8 Å². The van der Waals surface area contributed by atoms with Crippen LogP contribution in [0.25, 0.3) is 11.0 Å². The first-order valence-electron chi connectivity index (χ1n) is 8.12. The number of carbonyl (C=O) groups excluding carboxylic acids is 1. The maximum absolute atomic E-state index is 12.1. The highest BCUT2D eigenvalue weighted by atomic mass is 32.2. The second-order valence-electron chi connectivity index (χ2n) is 5.87. The third-order valence-electron chi connectivity index (χ3n) is 3.75. The number of nitrogens with zero attached hydrogens (tertiary/aromatic N) is 1. The standard InChI is InChI=1S/C19H21N3O2S/c1-13(11-24-2)20-18(23)15-9-7-14(8-10-15)12-25-19-21-16-5-3-4-6-17(16)22-19/h3-10,13H,11-12H2,1-2H3,(H,20,23)(H,21,22). The van der Waals surface area contributed by atoms with Gasteiger partial charge < -0.3 is 15.0 Å². The van der Waals surface area contributed by atoms with Crippen LogP contribution in [0.2, 0.25) is 0 Å². The van der Waals surface area contributed by atoms with Crippen molar-refractivity contribution in [1.29, 1.82) is 0 Å². The molecule has 3 aromatic rings. The van der Waals surface area contributed by atoms with Crippen molar-refractivity contribution in [2.45, 2.75) is 23.9 Å². The number of fused-ring (bicyclic) bond motifs is 1. The second-order valence-corrected chi connectivity index (χ2v) is 6.84. The van der Waals surface area contributed by atoms with Crippen LogP contribution >= 0.6 is 11.8 Å². The largest absolute Gasteiger partial charge is 0.383 e. The summed E-state index contributed by atoms with van der Waals surface area (Å²) in [5.41, 5.74) is 3.82. The fourth-order valence-corrected chi connectivity index (χ4v) is 3.34. The summed E-state index contributed by atoms with van der Waals surface area (Å²) in [7, 11) is 1.62. The summed E-state index contributed by atoms with van der Waals surface area (Å²) in [5.74, 6) is 0.711. The lowest BCUT2D eigenvalue weighted by Gasteiger charge is -2.12. The number of rotatable bonds is 7. The smallest absolute Gasteiger partial charge is 0.251 e. The van der Waals surface area contributed by atoms with E-state index in [0.717, 1.165) is 27.5 Å². The molecule has 0 aliphatic rings. The maximum Gasteiger partial charge on any atom is 0.251 e. The molecule has 0 spiro atoms. The van der Waals surface area contributed by atoms with Crippen molar-refractivity contribution in [2.24, 2.45) is 0 Å². The molecular formula is C19H21N3O2S. The Labute approximate surface area is 151 Å². The lowest BCUT2D eigenvalue weighted by atomic mass is 10.1. The van der Waals surface area contributed by atoms with E-state index in [9.17, 15) is 4.79 Å². The third kappa shape index (κ3) is 4.61. The first-order valence-corrected chi connectivity index (χ1v) is 9.10. The van der Waals surface area contributed by atoms with Crippen molar-refractivity contribution in [3.05, 3.63) is 59.7 Å². The first kappa shape index (κ1) is 17.5. The molecule has 0 aliphatic heterocycles. The molecule has 0 bridgehead atoms. The van der Waals surface area contributed by atoms with Gasteiger partial charge in [0.25, 0.3) is 5.91 Å². The van der Waals surface area contributed by atoms with E-state index in [1.165, 1.54) is 0 Å². The molecule has 1 aromatic heterocycles. The zero-order valence-corrected chi connectivity index (χ0v) is 15.1. The Bertz CT molecular complexity index is 812. The van der Waals surface area contributed by atoms with Gasteiger partial charge in [0.2, 0.25) is 0 Å². The van der Waals surface area contributed by atoms with E-state index in [-0.39, 0.29) is 11.9 Å². The highest BCUT2D eigenvalue weighted by Gasteiger charge is 2.09. The first-order chi connectivity index (χ1) is 12.2. The molecule has 6 heteroatoms. The molecule has 3 rings (SSSR count). The summed E-state index contributed by atoms with van der Waals surface area (Å²) in [6, 6.07) is 15.6. The SMILES string of the molecule is COCC(C)NC(=O)c1ccc(CSc2nc3ccccc3[nH]2)cc1. The highest BCUT2D eigenvalue weighted by molar-refractivity contribution is 7.98. The van der Waals surface area contributed by atoms with Gasteiger partial charge in [-0.05, 0) is 36.8 Å². The summed E-state index contributed by atoms with van der Waals surface area (Å²) >= 11 is 1.65. The van der Waals surface area contributed by atoms with Gasteiger partial charge in [0, 0.05) is 24.5 Å². The normalized spacial score (nSPS) is 12.2. The lowest BCUT2D eigenvalue weighted by Crippen LogP contribution is -2.35. The van der Waals surface area contributed by atoms with Crippen LogP contribution in [0.5, 0.6) is 0 Å². The van der Waals surface area contributed by atoms with Gasteiger partial charge in [0.05, 0.1) is 17.6 Å². The van der Waals surface area contributed by atoms with E-state index in [1.54, 1.807) is 18.9 Å². The summed E-state index contributed by atoms with van der Waals surface area (Å²) in [5, 5.41) is 3.80. The van der Waals surface area contributed by atoms with Gasteiger partial charge in [-0.25, -0.2) is 4.98 Å². The Kier molecular flexibility index (Phi) is 5.73. The molecular weight excluding hydrogens is 334 g/mol. The van der Waals surface area contributed by atoms with Gasteiger partial charge in [-0.2, -0.15) is 0 Å². The van der Waals surface area contributed by atoms with Gasteiger partial charge in [-0.1, -0.05) is 36.0 Å². The van der Waals surface area contributed by atoms with Crippen LogP contribution in [0.3, 0.4) is 0 Å². The fraction of sp³-hybridized carbons (Fsp3) is 0.263. The molecule has 5 nitrogen and oxygen atoms in total. The van der Waals surface area contributed by atoms with Crippen molar-refractivity contribution >= 4 is 28.7 Å². The predicted molar refractivity (Wildman–Crippen MR) is 101 cm³/mol. The van der Waals surface area contributed by atoms with Gasteiger partial charge >= 0.3 is 0 Å². The molecule has 0 radical (unpaired) electrons. The van der Waals surface area contributed by atoms with E-state index in [1.807, 2.05) is 55.5 Å². The quantitative estimate of drug-likeness (QED) is 0.635. The number of aromatic nitrogens is 2. The van der Waals surface area contributed by atoms with Gasteiger partial charge in [0.1, 0.15) is 0 Å². The van der Waals surface area contributed by atoms with Crippen LogP contribution in [-0.4, -0.2) is 35.6 Å². The Morgan fingerprint density at radius 3 is 2.72 bits per heavy atom. The minimum absolute atomic E-state index is 0.0131. The number of hydrogen-bond acceptors (Lipinski definition) is 4. The average molecular weight is 355 g/mol. The molecule has 130 valence electrons. The molecule has 0 saturated carbocycles. The number of amides is 1. The Morgan fingerprint density at radius 1 is 1.24 bits per heavy atom. The zero-order valence-electron chi connectivity index (χ0n) is 14.3. The summed E-state index contributed by atoms with van der Waals surface area (Å²) in [4.78, 5) is 20.0. The highest BCUT2D eigenvalue weighted by Crippen LogP contribution is 2.23. The van der Waals surface area contributed by atoms with E-state index < -0.39 is 0 Å². The van der Waals surface area contributed by atoms with Crippen LogP contribution in [-0.2, 0) is 10.5 Å². The molecule has 2 aromatic carbocycles. The number of benzene rings is 2. The molecule has 1 atom stereocenters. The fourth-order valence-electron chi connectivity index (χ4n) is 2.50. The molecule has 0 fully saturated rings. The molecule has 1 heterocycles. The minimum atomic E-state index is -0.0824. The summed E-state index contributed by atoms with van der Waals surface area (Å²) in [6.07, 6.45) is 0. The van der Waals surface area contributed by atoms with Crippen molar-refractivity contribution in [3.63, 3.8) is 0 Å². The van der Waals surface area contributed by atoms with Crippen molar-refractivity contribution in [3.8, 4) is 0 Å². The van der Waals surface area contributed by atoms with Crippen LogP contribution in [0.15, 0.2) is 53.7 Å². The van der Waals surface area contributed by atoms with Crippen LogP contribution < -0.4 is 5.32 Å². The second kappa shape index (κ2) is 8.18. The summed E-state index contributed by atoms with van der Waals surface area (Å²) < 4.78 is 5.03. The molecule has 1 unspecified atom stereocenters. The number of imidazole rings is 1. The number of carbonyl (C=O) groups is 1. The number of hydrogen-bond donors (Lipinski definition) is 2. The zero-order chi connectivity index (χ0) is 17.6.